The van der Waals surface area contributed by atoms with Crippen LogP contribution in [0.3, 0.4) is 0 Å². The fourth-order valence-corrected chi connectivity index (χ4v) is 4.00. The SMILES string of the molecule is CCOc1cccc(C(=O)N2CCC3(CC2)C[C@H](OCC2CC2)CO3)c1. The lowest BCUT2D eigenvalue weighted by Gasteiger charge is -2.38. The van der Waals surface area contributed by atoms with E-state index in [2.05, 4.69) is 0 Å². The highest BCUT2D eigenvalue weighted by molar-refractivity contribution is 5.94. The molecule has 3 fully saturated rings. The quantitative estimate of drug-likeness (QED) is 0.782. The maximum atomic E-state index is 12.8. The van der Waals surface area contributed by atoms with Gasteiger partial charge in [0.05, 0.1) is 24.9 Å². The number of hydrogen-bond donors (Lipinski definition) is 0. The Morgan fingerprint density at radius 3 is 2.85 bits per heavy atom. The number of piperidine rings is 1. The Kier molecular flexibility index (Phi) is 5.18. The maximum absolute atomic E-state index is 12.8. The number of carbonyl (C=O) groups excluding carboxylic acids is 1. The van der Waals surface area contributed by atoms with Crippen LogP contribution in [-0.2, 0) is 9.47 Å². The van der Waals surface area contributed by atoms with Crippen LogP contribution in [0.4, 0.5) is 0 Å². The third-order valence-corrected chi connectivity index (χ3v) is 5.79. The number of hydrogen-bond acceptors (Lipinski definition) is 4. The second kappa shape index (κ2) is 7.57. The van der Waals surface area contributed by atoms with Crippen LogP contribution in [0, 0.1) is 5.92 Å². The van der Waals surface area contributed by atoms with Crippen molar-refractivity contribution in [3.8, 4) is 5.75 Å². The third kappa shape index (κ3) is 4.04. The zero-order chi connectivity index (χ0) is 18.0. The summed E-state index contributed by atoms with van der Waals surface area (Å²) in [6.45, 7) is 5.63. The molecule has 0 bridgehead atoms. The zero-order valence-electron chi connectivity index (χ0n) is 15.6. The van der Waals surface area contributed by atoms with Crippen LogP contribution < -0.4 is 4.74 Å². The van der Waals surface area contributed by atoms with Gasteiger partial charge in [0.2, 0.25) is 0 Å². The molecule has 4 rings (SSSR count). The second-order valence-electron chi connectivity index (χ2n) is 7.85. The summed E-state index contributed by atoms with van der Waals surface area (Å²) in [5.41, 5.74) is 0.614. The highest BCUT2D eigenvalue weighted by atomic mass is 16.6. The van der Waals surface area contributed by atoms with Gasteiger partial charge in [0.15, 0.2) is 0 Å². The largest absolute Gasteiger partial charge is 0.494 e. The van der Waals surface area contributed by atoms with Crippen LogP contribution in [0.15, 0.2) is 24.3 Å². The monoisotopic (exact) mass is 359 g/mol. The Morgan fingerprint density at radius 1 is 1.31 bits per heavy atom. The first-order chi connectivity index (χ1) is 12.7. The Bertz CT molecular complexity index is 635. The molecular formula is C21H29NO4. The topological polar surface area (TPSA) is 48.0 Å². The zero-order valence-corrected chi connectivity index (χ0v) is 15.6. The minimum atomic E-state index is -0.0852. The van der Waals surface area contributed by atoms with Gasteiger partial charge in [-0.05, 0) is 56.7 Å². The van der Waals surface area contributed by atoms with E-state index in [0.717, 1.165) is 50.6 Å². The average molecular weight is 359 g/mol. The highest BCUT2D eigenvalue weighted by Gasteiger charge is 2.44. The molecule has 2 saturated heterocycles. The second-order valence-corrected chi connectivity index (χ2v) is 7.85. The molecule has 0 N–H and O–H groups in total. The van der Waals surface area contributed by atoms with Crippen LogP contribution in [0.5, 0.6) is 5.75 Å². The molecule has 2 heterocycles. The number of carbonyl (C=O) groups is 1. The summed E-state index contributed by atoms with van der Waals surface area (Å²) >= 11 is 0. The first-order valence-electron chi connectivity index (χ1n) is 9.95. The Hall–Kier alpha value is -1.59. The summed E-state index contributed by atoms with van der Waals surface area (Å²) in [5, 5.41) is 0. The molecule has 5 nitrogen and oxygen atoms in total. The first kappa shape index (κ1) is 17.8. The number of amides is 1. The van der Waals surface area contributed by atoms with Crippen LogP contribution in [-0.4, -0.2) is 55.4 Å². The van der Waals surface area contributed by atoms with Crippen molar-refractivity contribution in [3.63, 3.8) is 0 Å². The predicted octanol–water partition coefficient (Wildman–Crippen LogP) is 3.28. The molecule has 0 aromatic heterocycles. The van der Waals surface area contributed by atoms with E-state index in [9.17, 15) is 4.79 Å². The minimum Gasteiger partial charge on any atom is -0.494 e. The van der Waals surface area contributed by atoms with Crippen molar-refractivity contribution in [3.05, 3.63) is 29.8 Å². The Morgan fingerprint density at radius 2 is 2.12 bits per heavy atom. The maximum Gasteiger partial charge on any atom is 0.253 e. The third-order valence-electron chi connectivity index (χ3n) is 5.79. The fourth-order valence-electron chi connectivity index (χ4n) is 4.00. The number of likely N-dealkylation sites (tertiary alicyclic amines) is 1. The van der Waals surface area contributed by atoms with Crippen molar-refractivity contribution in [2.24, 2.45) is 5.92 Å². The molecule has 1 aromatic carbocycles. The van der Waals surface area contributed by atoms with Gasteiger partial charge in [-0.15, -0.1) is 0 Å². The Labute approximate surface area is 155 Å². The normalized spacial score (nSPS) is 24.8. The number of nitrogens with zero attached hydrogens (tertiary/aromatic N) is 1. The van der Waals surface area contributed by atoms with Gasteiger partial charge in [-0.25, -0.2) is 0 Å². The number of benzene rings is 1. The summed E-state index contributed by atoms with van der Waals surface area (Å²) in [6, 6.07) is 7.47. The number of rotatable bonds is 6. The summed E-state index contributed by atoms with van der Waals surface area (Å²) in [7, 11) is 0. The lowest BCUT2D eigenvalue weighted by Crippen LogP contribution is -2.46. The first-order valence-corrected chi connectivity index (χ1v) is 9.95. The molecule has 1 saturated carbocycles. The lowest BCUT2D eigenvalue weighted by molar-refractivity contribution is -0.0410. The molecule has 1 atom stereocenters. The van der Waals surface area contributed by atoms with Crippen molar-refractivity contribution in [1.82, 2.24) is 4.90 Å². The summed E-state index contributed by atoms with van der Waals surface area (Å²) < 4.78 is 17.7. The van der Waals surface area contributed by atoms with Gasteiger partial charge in [-0.1, -0.05) is 6.07 Å². The molecule has 26 heavy (non-hydrogen) atoms. The molecule has 2 aliphatic heterocycles. The van der Waals surface area contributed by atoms with Crippen LogP contribution in [0.2, 0.25) is 0 Å². The smallest absolute Gasteiger partial charge is 0.253 e. The van der Waals surface area contributed by atoms with E-state index < -0.39 is 0 Å². The van der Waals surface area contributed by atoms with E-state index in [0.29, 0.717) is 18.8 Å². The molecule has 3 aliphatic rings. The van der Waals surface area contributed by atoms with Gasteiger partial charge in [-0.2, -0.15) is 0 Å². The van der Waals surface area contributed by atoms with Gasteiger partial charge in [0.25, 0.3) is 5.91 Å². The van der Waals surface area contributed by atoms with Gasteiger partial charge >= 0.3 is 0 Å². The van der Waals surface area contributed by atoms with Crippen molar-refractivity contribution in [2.45, 2.75) is 50.7 Å². The fraction of sp³-hybridized carbons (Fsp3) is 0.667. The summed E-state index contributed by atoms with van der Waals surface area (Å²) in [6.07, 6.45) is 5.64. The predicted molar refractivity (Wildman–Crippen MR) is 98.5 cm³/mol. The molecule has 1 aromatic rings. The molecule has 1 aliphatic carbocycles. The van der Waals surface area contributed by atoms with Gasteiger partial charge in [-0.3, -0.25) is 4.79 Å². The molecule has 1 amide bonds. The van der Waals surface area contributed by atoms with Crippen molar-refractivity contribution in [1.29, 1.82) is 0 Å². The van der Waals surface area contributed by atoms with E-state index in [1.165, 1.54) is 12.8 Å². The van der Waals surface area contributed by atoms with Crippen molar-refractivity contribution < 1.29 is 19.0 Å². The molecule has 5 heteroatoms. The molecule has 0 unspecified atom stereocenters. The van der Waals surface area contributed by atoms with Crippen molar-refractivity contribution in [2.75, 3.05) is 32.9 Å². The molecular weight excluding hydrogens is 330 g/mol. The van der Waals surface area contributed by atoms with E-state index in [-0.39, 0.29) is 17.6 Å². The van der Waals surface area contributed by atoms with E-state index in [4.69, 9.17) is 14.2 Å². The van der Waals surface area contributed by atoms with Crippen molar-refractivity contribution >= 4 is 5.91 Å². The van der Waals surface area contributed by atoms with Gasteiger partial charge < -0.3 is 19.1 Å². The molecule has 142 valence electrons. The highest BCUT2D eigenvalue weighted by Crippen LogP contribution is 2.38. The van der Waals surface area contributed by atoms with Crippen LogP contribution >= 0.6 is 0 Å². The standard InChI is InChI=1S/C21H29NO4/c1-2-24-18-5-3-4-17(12-18)20(23)22-10-8-21(9-11-22)13-19(15-26-21)25-14-16-6-7-16/h3-5,12,16,19H,2,6-11,13-15H2,1H3/t19-/m0/s1. The van der Waals surface area contributed by atoms with Crippen LogP contribution in [0.1, 0.15) is 49.4 Å². The lowest BCUT2D eigenvalue weighted by atomic mass is 9.87. The van der Waals surface area contributed by atoms with E-state index in [1.807, 2.05) is 36.1 Å². The average Bonchev–Trinajstić information content (AvgIpc) is 3.42. The summed E-state index contributed by atoms with van der Waals surface area (Å²) in [5.74, 6) is 1.63. The van der Waals surface area contributed by atoms with Gasteiger partial charge in [0.1, 0.15) is 5.75 Å². The molecule has 0 radical (unpaired) electrons. The summed E-state index contributed by atoms with van der Waals surface area (Å²) in [4.78, 5) is 14.8. The number of ether oxygens (including phenoxy) is 3. The Balaban J connectivity index is 1.30. The van der Waals surface area contributed by atoms with E-state index in [1.54, 1.807) is 0 Å². The van der Waals surface area contributed by atoms with Crippen LogP contribution in [0.25, 0.3) is 0 Å². The molecule has 1 spiro atoms. The minimum absolute atomic E-state index is 0.0842. The van der Waals surface area contributed by atoms with Gasteiger partial charge in [0, 0.05) is 31.7 Å². The van der Waals surface area contributed by atoms with E-state index >= 15 is 0 Å².